The molecule has 0 saturated carbocycles. The van der Waals surface area contributed by atoms with Crippen LogP contribution in [0.2, 0.25) is 0 Å². The molecule has 0 spiro atoms. The maximum atomic E-state index is 13.7. The number of halogens is 1. The molecule has 3 N–H and O–H groups in total. The highest BCUT2D eigenvalue weighted by Crippen LogP contribution is 2.36. The van der Waals surface area contributed by atoms with Crippen LogP contribution in [0.4, 0.5) is 10.1 Å². The number of carbonyl (C=O) groups is 1. The number of amides is 1. The maximum absolute atomic E-state index is 13.7. The van der Waals surface area contributed by atoms with Gasteiger partial charge in [-0.3, -0.25) is 14.9 Å². The molecule has 0 radical (unpaired) electrons. The van der Waals surface area contributed by atoms with Crippen molar-refractivity contribution in [1.29, 1.82) is 0 Å². The molecule has 9 heteroatoms. The number of pyridine rings is 2. The van der Waals surface area contributed by atoms with Crippen LogP contribution < -0.4 is 5.32 Å². The first-order valence-corrected chi connectivity index (χ1v) is 12.3. The summed E-state index contributed by atoms with van der Waals surface area (Å²) in [5.41, 5.74) is 7.00. The Morgan fingerprint density at radius 2 is 1.94 bits per heavy atom. The second-order valence-corrected chi connectivity index (χ2v) is 9.86. The number of nitrogens with one attached hydrogen (secondary N) is 3. The number of hydrogen-bond donors (Lipinski definition) is 3. The molecular formula is C27H21FN6OS. The number of carbonyl (C=O) groups excluding carboxylic acids is 1. The number of aromatic amines is 2. The highest BCUT2D eigenvalue weighted by atomic mass is 32.1. The van der Waals surface area contributed by atoms with Gasteiger partial charge in [-0.1, -0.05) is 26.0 Å². The Labute approximate surface area is 209 Å². The number of aromatic nitrogens is 5. The third-order valence-corrected chi connectivity index (χ3v) is 6.90. The second-order valence-electron chi connectivity index (χ2n) is 8.82. The van der Waals surface area contributed by atoms with Crippen LogP contribution in [-0.4, -0.2) is 31.1 Å². The zero-order valence-corrected chi connectivity index (χ0v) is 20.3. The number of anilines is 1. The lowest BCUT2D eigenvalue weighted by atomic mass is 10.1. The number of nitrogens with zero attached hydrogens (tertiary/aromatic N) is 3. The molecule has 0 fully saturated rings. The molecule has 7 nitrogen and oxygen atoms in total. The molecule has 178 valence electrons. The molecule has 5 aromatic heterocycles. The molecule has 0 unspecified atom stereocenters. The first-order chi connectivity index (χ1) is 17.5. The molecule has 0 aliphatic heterocycles. The Balaban J connectivity index is 1.41. The minimum atomic E-state index is -0.213. The minimum absolute atomic E-state index is 0.0713. The number of H-pyrrole nitrogens is 2. The largest absolute Gasteiger partial charge is 0.353 e. The summed E-state index contributed by atoms with van der Waals surface area (Å²) in [6.07, 6.45) is 3.33. The van der Waals surface area contributed by atoms with E-state index in [0.29, 0.717) is 22.6 Å². The molecule has 36 heavy (non-hydrogen) atoms. The maximum Gasteiger partial charge on any atom is 0.226 e. The van der Waals surface area contributed by atoms with Crippen molar-refractivity contribution in [3.05, 3.63) is 72.1 Å². The van der Waals surface area contributed by atoms with Crippen molar-refractivity contribution in [2.75, 3.05) is 5.32 Å². The Bertz CT molecular complexity index is 1750. The fraction of sp³-hybridized carbons (Fsp3) is 0.111. The van der Waals surface area contributed by atoms with Crippen LogP contribution in [0, 0.1) is 11.0 Å². The van der Waals surface area contributed by atoms with Crippen LogP contribution in [0.5, 0.6) is 0 Å². The SMILES string of the molecule is CC(C)C(=O)Nc1cncc(-c2ccc3[nH]nc(-c4cc5c(-c6ccc(F)s6)cccc5[nH]4)c3n2)c1. The van der Waals surface area contributed by atoms with Gasteiger partial charge in [0.15, 0.2) is 5.13 Å². The molecule has 1 aromatic carbocycles. The van der Waals surface area contributed by atoms with Crippen molar-refractivity contribution in [1.82, 2.24) is 25.1 Å². The number of benzene rings is 1. The summed E-state index contributed by atoms with van der Waals surface area (Å²) in [6.45, 7) is 3.68. The summed E-state index contributed by atoms with van der Waals surface area (Å²) < 4.78 is 13.7. The predicted molar refractivity (Wildman–Crippen MR) is 141 cm³/mol. The third kappa shape index (κ3) is 3.93. The predicted octanol–water partition coefficient (Wildman–Crippen LogP) is 6.63. The smallest absolute Gasteiger partial charge is 0.226 e. The van der Waals surface area contributed by atoms with Crippen molar-refractivity contribution < 1.29 is 9.18 Å². The molecule has 5 heterocycles. The van der Waals surface area contributed by atoms with Gasteiger partial charge in [0.1, 0.15) is 11.2 Å². The van der Waals surface area contributed by atoms with Crippen molar-refractivity contribution in [3.63, 3.8) is 0 Å². The van der Waals surface area contributed by atoms with Gasteiger partial charge in [-0.15, -0.1) is 11.3 Å². The van der Waals surface area contributed by atoms with Crippen LogP contribution in [0.25, 0.3) is 55.0 Å². The molecule has 0 aliphatic carbocycles. The van der Waals surface area contributed by atoms with E-state index in [9.17, 15) is 9.18 Å². The minimum Gasteiger partial charge on any atom is -0.353 e. The van der Waals surface area contributed by atoms with Crippen LogP contribution in [0.3, 0.4) is 0 Å². The van der Waals surface area contributed by atoms with Gasteiger partial charge >= 0.3 is 0 Å². The van der Waals surface area contributed by atoms with Gasteiger partial charge in [0, 0.05) is 39.0 Å². The van der Waals surface area contributed by atoms with E-state index >= 15 is 0 Å². The summed E-state index contributed by atoms with van der Waals surface area (Å²) >= 11 is 1.12. The first kappa shape index (κ1) is 22.1. The van der Waals surface area contributed by atoms with E-state index in [0.717, 1.165) is 49.5 Å². The van der Waals surface area contributed by atoms with Gasteiger partial charge in [-0.05, 0) is 42.5 Å². The zero-order chi connectivity index (χ0) is 24.8. The van der Waals surface area contributed by atoms with Gasteiger partial charge in [-0.25, -0.2) is 4.98 Å². The normalized spacial score (nSPS) is 11.6. The van der Waals surface area contributed by atoms with E-state index in [4.69, 9.17) is 4.98 Å². The fourth-order valence-corrected chi connectivity index (χ4v) is 4.91. The molecule has 0 atom stereocenters. The summed E-state index contributed by atoms with van der Waals surface area (Å²) in [5, 5.41) is 11.2. The monoisotopic (exact) mass is 496 g/mol. The molecule has 0 aliphatic rings. The van der Waals surface area contributed by atoms with Crippen molar-refractivity contribution in [2.24, 2.45) is 5.92 Å². The Morgan fingerprint density at radius 1 is 1.06 bits per heavy atom. The Kier molecular flexibility index (Phi) is 5.34. The van der Waals surface area contributed by atoms with Crippen molar-refractivity contribution in [2.45, 2.75) is 13.8 Å². The molecular weight excluding hydrogens is 475 g/mol. The van der Waals surface area contributed by atoms with Gasteiger partial charge in [0.25, 0.3) is 0 Å². The number of rotatable bonds is 5. The summed E-state index contributed by atoms with van der Waals surface area (Å²) in [7, 11) is 0. The summed E-state index contributed by atoms with van der Waals surface area (Å²) in [5.74, 6) is -0.203. The number of thiophene rings is 1. The lowest BCUT2D eigenvalue weighted by molar-refractivity contribution is -0.118. The molecule has 6 rings (SSSR count). The van der Waals surface area contributed by atoms with Crippen LogP contribution >= 0.6 is 11.3 Å². The highest BCUT2D eigenvalue weighted by Gasteiger charge is 2.16. The zero-order valence-electron chi connectivity index (χ0n) is 19.5. The van der Waals surface area contributed by atoms with E-state index in [2.05, 4.69) is 25.5 Å². The standard InChI is InChI=1S/C27H21FN6OS/c1-14(2)27(35)30-16-10-15(12-29-13-16)19-6-7-21-25(32-19)26(34-33-21)22-11-18-17(4-3-5-20(18)31-22)23-8-9-24(28)36-23/h3-14,31H,1-2H3,(H,30,35)(H,33,34). The topological polar surface area (TPSA) is 99.4 Å². The van der Waals surface area contributed by atoms with E-state index in [-0.39, 0.29) is 17.0 Å². The van der Waals surface area contributed by atoms with E-state index in [1.807, 2.05) is 56.3 Å². The average molecular weight is 497 g/mol. The lowest BCUT2D eigenvalue weighted by Crippen LogP contribution is -2.17. The van der Waals surface area contributed by atoms with Gasteiger partial charge < -0.3 is 10.3 Å². The van der Waals surface area contributed by atoms with Crippen LogP contribution in [-0.2, 0) is 4.79 Å². The molecule has 0 bridgehead atoms. The second kappa shape index (κ2) is 8.69. The average Bonchev–Trinajstić information content (AvgIpc) is 3.61. The third-order valence-electron chi connectivity index (χ3n) is 5.99. The van der Waals surface area contributed by atoms with Crippen LogP contribution in [0.1, 0.15) is 13.8 Å². The van der Waals surface area contributed by atoms with Crippen molar-refractivity contribution in [3.8, 4) is 33.1 Å². The van der Waals surface area contributed by atoms with Gasteiger partial charge in [0.2, 0.25) is 5.91 Å². The number of fused-ring (bicyclic) bond motifs is 2. The summed E-state index contributed by atoms with van der Waals surface area (Å²) in [4.78, 5) is 25.6. The van der Waals surface area contributed by atoms with Gasteiger partial charge in [0.05, 0.1) is 28.8 Å². The van der Waals surface area contributed by atoms with Crippen molar-refractivity contribution >= 4 is 44.9 Å². The molecule has 6 aromatic rings. The fourth-order valence-electron chi connectivity index (χ4n) is 4.14. The quantitative estimate of drug-likeness (QED) is 0.249. The Hall–Kier alpha value is -4.37. The highest BCUT2D eigenvalue weighted by molar-refractivity contribution is 7.14. The summed E-state index contributed by atoms with van der Waals surface area (Å²) in [6, 6.07) is 16.9. The number of hydrogen-bond acceptors (Lipinski definition) is 5. The van der Waals surface area contributed by atoms with E-state index < -0.39 is 0 Å². The Morgan fingerprint density at radius 3 is 2.75 bits per heavy atom. The van der Waals surface area contributed by atoms with Gasteiger partial charge in [-0.2, -0.15) is 9.49 Å². The first-order valence-electron chi connectivity index (χ1n) is 11.5. The van der Waals surface area contributed by atoms with E-state index in [1.165, 1.54) is 6.07 Å². The lowest BCUT2D eigenvalue weighted by Gasteiger charge is -2.08. The molecule has 1 amide bonds. The van der Waals surface area contributed by atoms with Crippen LogP contribution in [0.15, 0.2) is 67.0 Å². The van der Waals surface area contributed by atoms with E-state index in [1.54, 1.807) is 18.5 Å². The molecule has 0 saturated heterocycles.